The maximum Gasteiger partial charge on any atom is 0.273 e. The van der Waals surface area contributed by atoms with Gasteiger partial charge in [-0.15, -0.1) is 11.8 Å². The summed E-state index contributed by atoms with van der Waals surface area (Å²) in [4.78, 5) is 30.5. The summed E-state index contributed by atoms with van der Waals surface area (Å²) in [5, 5.41) is 10.6. The standard InChI is InChI=1S/C25H25N5O6S/c1-29-23(32)17(12-26)21(14-6-8-16(33-2)9-7-14)27-25(29)28-30-20(31)13-37-24(30)15-10-18(34-3)22(36-5)19(11-15)35-4/h6-11,24H,13H2,1-5H3,(H,27,28). The number of anilines is 1. The summed E-state index contributed by atoms with van der Waals surface area (Å²) in [5.41, 5.74) is 3.81. The Morgan fingerprint density at radius 2 is 1.68 bits per heavy atom. The van der Waals surface area contributed by atoms with Crippen molar-refractivity contribution in [3.8, 4) is 40.3 Å². The van der Waals surface area contributed by atoms with Crippen LogP contribution in [0.1, 0.15) is 16.5 Å². The Bertz CT molecular complexity index is 1410. The van der Waals surface area contributed by atoms with Gasteiger partial charge in [0.1, 0.15) is 22.8 Å². The lowest BCUT2D eigenvalue weighted by Crippen LogP contribution is -2.37. The zero-order valence-corrected chi connectivity index (χ0v) is 21.7. The largest absolute Gasteiger partial charge is 0.497 e. The molecule has 1 fully saturated rings. The van der Waals surface area contributed by atoms with Crippen LogP contribution in [0.5, 0.6) is 23.0 Å². The van der Waals surface area contributed by atoms with Crippen molar-refractivity contribution in [2.24, 2.45) is 7.05 Å². The maximum absolute atomic E-state index is 13.1. The molecule has 1 saturated heterocycles. The Morgan fingerprint density at radius 1 is 1.03 bits per heavy atom. The van der Waals surface area contributed by atoms with Gasteiger partial charge in [0, 0.05) is 12.6 Å². The first-order chi connectivity index (χ1) is 17.9. The van der Waals surface area contributed by atoms with Gasteiger partial charge < -0.3 is 18.9 Å². The number of amides is 1. The number of thioether (sulfide) groups is 1. The monoisotopic (exact) mass is 523 g/mol. The van der Waals surface area contributed by atoms with E-state index in [1.807, 2.05) is 6.07 Å². The highest BCUT2D eigenvalue weighted by molar-refractivity contribution is 8.00. The van der Waals surface area contributed by atoms with E-state index in [0.29, 0.717) is 34.1 Å². The molecule has 0 saturated carbocycles. The molecule has 2 aromatic carbocycles. The lowest BCUT2D eigenvalue weighted by atomic mass is 10.1. The van der Waals surface area contributed by atoms with Crippen molar-refractivity contribution in [1.82, 2.24) is 14.6 Å². The molecule has 0 radical (unpaired) electrons. The maximum atomic E-state index is 13.1. The van der Waals surface area contributed by atoms with E-state index in [0.717, 1.165) is 0 Å². The third kappa shape index (κ3) is 4.73. The number of nitrogens with one attached hydrogen (secondary N) is 1. The lowest BCUT2D eigenvalue weighted by molar-refractivity contribution is -0.126. The zero-order chi connectivity index (χ0) is 26.7. The van der Waals surface area contributed by atoms with Gasteiger partial charge >= 0.3 is 0 Å². The van der Waals surface area contributed by atoms with Crippen LogP contribution < -0.4 is 29.9 Å². The molecule has 4 rings (SSSR count). The van der Waals surface area contributed by atoms with E-state index in [2.05, 4.69) is 10.4 Å². The van der Waals surface area contributed by atoms with Crippen molar-refractivity contribution in [3.05, 3.63) is 57.9 Å². The molecule has 2 heterocycles. The number of methoxy groups -OCH3 is 4. The SMILES string of the molecule is COc1ccc(-c2nc(NN3C(=O)CSC3c3cc(OC)c(OC)c(OC)c3)n(C)c(=O)c2C#N)cc1. The zero-order valence-electron chi connectivity index (χ0n) is 20.9. The average molecular weight is 524 g/mol. The number of carbonyl (C=O) groups is 1. The Labute approximate surface area is 217 Å². The number of nitriles is 1. The van der Waals surface area contributed by atoms with Crippen LogP contribution in [0.3, 0.4) is 0 Å². The number of ether oxygens (including phenoxy) is 4. The van der Waals surface area contributed by atoms with Gasteiger partial charge in [0.2, 0.25) is 11.7 Å². The van der Waals surface area contributed by atoms with Crippen molar-refractivity contribution in [3.63, 3.8) is 0 Å². The predicted molar refractivity (Wildman–Crippen MR) is 138 cm³/mol. The number of hydrogen-bond acceptors (Lipinski definition) is 10. The van der Waals surface area contributed by atoms with E-state index < -0.39 is 10.9 Å². The van der Waals surface area contributed by atoms with Crippen LogP contribution in [0.15, 0.2) is 41.2 Å². The van der Waals surface area contributed by atoms with Gasteiger partial charge in [0.15, 0.2) is 11.5 Å². The fraction of sp³-hybridized carbons (Fsp3) is 0.280. The Morgan fingerprint density at radius 3 is 2.22 bits per heavy atom. The van der Waals surface area contributed by atoms with Crippen molar-refractivity contribution in [1.29, 1.82) is 5.26 Å². The van der Waals surface area contributed by atoms with Crippen molar-refractivity contribution in [2.75, 3.05) is 39.6 Å². The van der Waals surface area contributed by atoms with Crippen LogP contribution in [-0.4, -0.2) is 54.7 Å². The van der Waals surface area contributed by atoms with E-state index in [-0.39, 0.29) is 28.9 Å². The van der Waals surface area contributed by atoms with Crippen LogP contribution in [0, 0.1) is 11.3 Å². The number of hydrazine groups is 1. The summed E-state index contributed by atoms with van der Waals surface area (Å²) in [6, 6.07) is 12.3. The molecular weight excluding hydrogens is 498 g/mol. The van der Waals surface area contributed by atoms with Gasteiger partial charge in [-0.05, 0) is 42.0 Å². The highest BCUT2D eigenvalue weighted by atomic mass is 32.2. The van der Waals surface area contributed by atoms with Crippen molar-refractivity contribution < 1.29 is 23.7 Å². The van der Waals surface area contributed by atoms with Gasteiger partial charge in [-0.25, -0.2) is 9.99 Å². The predicted octanol–water partition coefficient (Wildman–Crippen LogP) is 2.95. The minimum Gasteiger partial charge on any atom is -0.497 e. The topological polar surface area (TPSA) is 128 Å². The second-order valence-electron chi connectivity index (χ2n) is 7.86. The van der Waals surface area contributed by atoms with Gasteiger partial charge in [0.05, 0.1) is 39.9 Å². The van der Waals surface area contributed by atoms with Crippen LogP contribution in [0.4, 0.5) is 5.95 Å². The smallest absolute Gasteiger partial charge is 0.273 e. The molecule has 0 bridgehead atoms. The summed E-state index contributed by atoms with van der Waals surface area (Å²) in [5.74, 6) is 2.03. The first-order valence-electron chi connectivity index (χ1n) is 11.0. The fourth-order valence-electron chi connectivity index (χ4n) is 3.90. The van der Waals surface area contributed by atoms with E-state index in [4.69, 9.17) is 18.9 Å². The molecule has 37 heavy (non-hydrogen) atoms. The lowest BCUT2D eigenvalue weighted by Gasteiger charge is -2.27. The van der Waals surface area contributed by atoms with E-state index >= 15 is 0 Å². The minimum atomic E-state index is -0.547. The fourth-order valence-corrected chi connectivity index (χ4v) is 4.99. The quantitative estimate of drug-likeness (QED) is 0.471. The molecular formula is C25H25N5O6S. The molecule has 0 aliphatic carbocycles. The molecule has 1 atom stereocenters. The molecule has 12 heteroatoms. The molecule has 1 amide bonds. The van der Waals surface area contributed by atoms with Crippen LogP contribution in [-0.2, 0) is 11.8 Å². The summed E-state index contributed by atoms with van der Waals surface area (Å²) in [7, 11) is 7.57. The molecule has 1 aliphatic rings. The molecule has 192 valence electrons. The first-order valence-corrected chi connectivity index (χ1v) is 12.1. The van der Waals surface area contributed by atoms with Crippen molar-refractivity contribution >= 4 is 23.6 Å². The molecule has 1 aliphatic heterocycles. The first kappa shape index (κ1) is 25.7. The van der Waals surface area contributed by atoms with E-state index in [9.17, 15) is 14.9 Å². The summed E-state index contributed by atoms with van der Waals surface area (Å²) in [6.45, 7) is 0. The van der Waals surface area contributed by atoms with Crippen LogP contribution >= 0.6 is 11.8 Å². The van der Waals surface area contributed by atoms with Crippen LogP contribution in [0.25, 0.3) is 11.3 Å². The summed E-state index contributed by atoms with van der Waals surface area (Å²) >= 11 is 1.39. The molecule has 1 aromatic heterocycles. The summed E-state index contributed by atoms with van der Waals surface area (Å²) < 4.78 is 22.7. The third-order valence-electron chi connectivity index (χ3n) is 5.83. The van der Waals surface area contributed by atoms with Gasteiger partial charge in [-0.1, -0.05) is 0 Å². The van der Waals surface area contributed by atoms with E-state index in [1.165, 1.54) is 49.7 Å². The Hall–Kier alpha value is -4.37. The second kappa shape index (κ2) is 10.7. The molecule has 0 spiro atoms. The normalized spacial score (nSPS) is 14.8. The highest BCUT2D eigenvalue weighted by Crippen LogP contribution is 2.45. The average Bonchev–Trinajstić information content (AvgIpc) is 3.29. The number of carbonyl (C=O) groups excluding carboxylic acids is 1. The minimum absolute atomic E-state index is 0.100. The number of nitrogens with zero attached hydrogens (tertiary/aromatic N) is 4. The number of rotatable bonds is 8. The van der Waals surface area contributed by atoms with E-state index in [1.54, 1.807) is 43.5 Å². The van der Waals surface area contributed by atoms with Gasteiger partial charge in [-0.2, -0.15) is 5.26 Å². The van der Waals surface area contributed by atoms with Crippen molar-refractivity contribution in [2.45, 2.75) is 5.37 Å². The third-order valence-corrected chi connectivity index (χ3v) is 7.04. The molecule has 11 nitrogen and oxygen atoms in total. The number of benzene rings is 2. The van der Waals surface area contributed by atoms with Gasteiger partial charge in [0.25, 0.3) is 11.5 Å². The Balaban J connectivity index is 1.77. The second-order valence-corrected chi connectivity index (χ2v) is 8.93. The molecule has 3 aromatic rings. The number of aromatic nitrogens is 2. The molecule has 1 N–H and O–H groups in total. The highest BCUT2D eigenvalue weighted by Gasteiger charge is 2.35. The number of hydrogen-bond donors (Lipinski definition) is 1. The summed E-state index contributed by atoms with van der Waals surface area (Å²) in [6.07, 6.45) is 0. The molecule has 1 unspecified atom stereocenters. The van der Waals surface area contributed by atoms with Crippen LogP contribution in [0.2, 0.25) is 0 Å². The van der Waals surface area contributed by atoms with Gasteiger partial charge in [-0.3, -0.25) is 19.6 Å². The Kier molecular flexibility index (Phi) is 7.45.